The number of oxime groups is 1. The SMILES string of the molecule is CCOC(=O)CCCCO/N=C(\c1cccnc1)c1cccc(CC(=O)O)c1. The molecule has 148 valence electrons. The van der Waals surface area contributed by atoms with Crippen molar-refractivity contribution in [1.82, 2.24) is 4.98 Å². The van der Waals surface area contributed by atoms with E-state index in [1.54, 1.807) is 43.6 Å². The van der Waals surface area contributed by atoms with Gasteiger partial charge in [-0.2, -0.15) is 0 Å². The van der Waals surface area contributed by atoms with E-state index in [0.29, 0.717) is 43.8 Å². The fourth-order valence-electron chi connectivity index (χ4n) is 2.56. The summed E-state index contributed by atoms with van der Waals surface area (Å²) in [5.41, 5.74) is 2.77. The Labute approximate surface area is 164 Å². The maximum Gasteiger partial charge on any atom is 0.307 e. The molecule has 1 aromatic carbocycles. The van der Waals surface area contributed by atoms with Gasteiger partial charge in [-0.15, -0.1) is 0 Å². The molecule has 1 aromatic heterocycles. The molecule has 7 heteroatoms. The van der Waals surface area contributed by atoms with Crippen LogP contribution in [0.1, 0.15) is 42.9 Å². The van der Waals surface area contributed by atoms with Gasteiger partial charge < -0.3 is 14.7 Å². The fraction of sp³-hybridized carbons (Fsp3) is 0.333. The van der Waals surface area contributed by atoms with E-state index in [1.807, 2.05) is 12.1 Å². The first-order chi connectivity index (χ1) is 13.6. The number of unbranched alkanes of at least 4 members (excludes halogenated alkanes) is 1. The van der Waals surface area contributed by atoms with E-state index in [-0.39, 0.29) is 12.4 Å². The van der Waals surface area contributed by atoms with Crippen molar-refractivity contribution in [2.75, 3.05) is 13.2 Å². The zero-order chi connectivity index (χ0) is 20.2. The Hall–Kier alpha value is -3.22. The molecule has 0 bridgehead atoms. The molecule has 28 heavy (non-hydrogen) atoms. The van der Waals surface area contributed by atoms with E-state index < -0.39 is 5.97 Å². The summed E-state index contributed by atoms with van der Waals surface area (Å²) in [7, 11) is 0. The normalized spacial score (nSPS) is 11.1. The van der Waals surface area contributed by atoms with Crippen LogP contribution >= 0.6 is 0 Å². The van der Waals surface area contributed by atoms with E-state index in [1.165, 1.54) is 0 Å². The van der Waals surface area contributed by atoms with Crippen molar-refractivity contribution in [3.63, 3.8) is 0 Å². The topological polar surface area (TPSA) is 98.1 Å². The molecule has 0 saturated heterocycles. The highest BCUT2D eigenvalue weighted by Gasteiger charge is 2.10. The second-order valence-corrected chi connectivity index (χ2v) is 6.05. The maximum atomic E-state index is 11.3. The van der Waals surface area contributed by atoms with Crippen LogP contribution in [0.4, 0.5) is 0 Å². The number of carboxylic acids is 1. The number of ether oxygens (including phenoxy) is 1. The molecule has 2 rings (SSSR count). The van der Waals surface area contributed by atoms with E-state index in [2.05, 4.69) is 10.1 Å². The van der Waals surface area contributed by atoms with E-state index in [0.717, 1.165) is 11.1 Å². The van der Waals surface area contributed by atoms with Gasteiger partial charge in [0.05, 0.1) is 13.0 Å². The van der Waals surface area contributed by atoms with Gasteiger partial charge in [0.1, 0.15) is 12.3 Å². The number of aliphatic carboxylic acids is 1. The van der Waals surface area contributed by atoms with Crippen molar-refractivity contribution in [2.45, 2.75) is 32.6 Å². The van der Waals surface area contributed by atoms with Crippen molar-refractivity contribution in [3.8, 4) is 0 Å². The van der Waals surface area contributed by atoms with Gasteiger partial charge in [-0.05, 0) is 43.5 Å². The second-order valence-electron chi connectivity index (χ2n) is 6.05. The molecule has 0 aliphatic heterocycles. The van der Waals surface area contributed by atoms with Crippen molar-refractivity contribution in [3.05, 3.63) is 65.5 Å². The number of hydrogen-bond donors (Lipinski definition) is 1. The van der Waals surface area contributed by atoms with Crippen LogP contribution in [0.5, 0.6) is 0 Å². The quantitative estimate of drug-likeness (QED) is 0.276. The van der Waals surface area contributed by atoms with Gasteiger partial charge in [-0.25, -0.2) is 0 Å². The van der Waals surface area contributed by atoms with Crippen molar-refractivity contribution < 1.29 is 24.3 Å². The third-order valence-electron chi connectivity index (χ3n) is 3.82. The smallest absolute Gasteiger partial charge is 0.307 e. The highest BCUT2D eigenvalue weighted by molar-refractivity contribution is 6.12. The van der Waals surface area contributed by atoms with Gasteiger partial charge in [0.25, 0.3) is 0 Å². The number of carbonyl (C=O) groups is 2. The molecule has 7 nitrogen and oxygen atoms in total. The zero-order valence-electron chi connectivity index (χ0n) is 15.8. The van der Waals surface area contributed by atoms with Crippen LogP contribution in [0, 0.1) is 0 Å². The summed E-state index contributed by atoms with van der Waals surface area (Å²) in [6.07, 6.45) is 4.95. The summed E-state index contributed by atoms with van der Waals surface area (Å²) < 4.78 is 4.88. The molecule has 0 saturated carbocycles. The Morgan fingerprint density at radius 2 is 1.96 bits per heavy atom. The Bertz CT molecular complexity index is 805. The summed E-state index contributed by atoms with van der Waals surface area (Å²) >= 11 is 0. The van der Waals surface area contributed by atoms with Gasteiger partial charge in [0.2, 0.25) is 0 Å². The Morgan fingerprint density at radius 1 is 1.14 bits per heavy atom. The van der Waals surface area contributed by atoms with Crippen molar-refractivity contribution in [1.29, 1.82) is 0 Å². The highest BCUT2D eigenvalue weighted by atomic mass is 16.6. The van der Waals surface area contributed by atoms with Gasteiger partial charge in [-0.1, -0.05) is 23.4 Å². The van der Waals surface area contributed by atoms with Gasteiger partial charge in [-0.3, -0.25) is 14.6 Å². The fourth-order valence-corrected chi connectivity index (χ4v) is 2.56. The number of esters is 1. The summed E-state index contributed by atoms with van der Waals surface area (Å²) in [5, 5.41) is 13.3. The zero-order valence-corrected chi connectivity index (χ0v) is 15.8. The molecule has 0 aliphatic carbocycles. The number of pyridine rings is 1. The van der Waals surface area contributed by atoms with E-state index >= 15 is 0 Å². The third-order valence-corrected chi connectivity index (χ3v) is 3.82. The molecule has 1 heterocycles. The molecule has 0 spiro atoms. The molecular weight excluding hydrogens is 360 g/mol. The molecule has 0 unspecified atom stereocenters. The molecule has 0 amide bonds. The van der Waals surface area contributed by atoms with Gasteiger partial charge in [0.15, 0.2) is 0 Å². The van der Waals surface area contributed by atoms with Crippen LogP contribution in [-0.4, -0.2) is 41.0 Å². The Kier molecular flexibility index (Phi) is 8.65. The number of benzene rings is 1. The minimum Gasteiger partial charge on any atom is -0.481 e. The first-order valence-electron chi connectivity index (χ1n) is 9.17. The molecule has 0 aliphatic rings. The lowest BCUT2D eigenvalue weighted by Gasteiger charge is -2.09. The number of aromatic nitrogens is 1. The van der Waals surface area contributed by atoms with Crippen LogP contribution in [0.2, 0.25) is 0 Å². The number of rotatable bonds is 11. The van der Waals surface area contributed by atoms with Crippen LogP contribution in [0.3, 0.4) is 0 Å². The minimum atomic E-state index is -0.894. The van der Waals surface area contributed by atoms with Gasteiger partial charge in [0, 0.05) is 29.9 Å². The average Bonchev–Trinajstić information content (AvgIpc) is 2.68. The highest BCUT2D eigenvalue weighted by Crippen LogP contribution is 2.14. The van der Waals surface area contributed by atoms with Crippen LogP contribution in [0.25, 0.3) is 0 Å². The number of hydrogen-bond acceptors (Lipinski definition) is 6. The number of carbonyl (C=O) groups excluding carboxylic acids is 1. The summed E-state index contributed by atoms with van der Waals surface area (Å²) in [6, 6.07) is 10.8. The number of nitrogens with zero attached hydrogens (tertiary/aromatic N) is 2. The summed E-state index contributed by atoms with van der Waals surface area (Å²) in [6.45, 7) is 2.52. The van der Waals surface area contributed by atoms with E-state index in [4.69, 9.17) is 14.7 Å². The van der Waals surface area contributed by atoms with Crippen LogP contribution in [-0.2, 0) is 25.6 Å². The molecule has 0 fully saturated rings. The average molecular weight is 384 g/mol. The molecule has 1 N–H and O–H groups in total. The summed E-state index contributed by atoms with van der Waals surface area (Å²) in [5.74, 6) is -1.10. The molecular formula is C21H24N2O5. The summed E-state index contributed by atoms with van der Waals surface area (Å²) in [4.78, 5) is 31.9. The van der Waals surface area contributed by atoms with Crippen molar-refractivity contribution >= 4 is 17.7 Å². The molecule has 0 radical (unpaired) electrons. The lowest BCUT2D eigenvalue weighted by atomic mass is 10.0. The standard InChI is InChI=1S/C21H24N2O5/c1-2-27-20(26)10-3-4-12-28-23-21(18-9-6-11-22-15-18)17-8-5-7-16(13-17)14-19(24)25/h5-9,11,13,15H,2-4,10,12,14H2,1H3,(H,24,25)/b23-21-. The maximum absolute atomic E-state index is 11.3. The lowest BCUT2D eigenvalue weighted by molar-refractivity contribution is -0.143. The lowest BCUT2D eigenvalue weighted by Crippen LogP contribution is -2.08. The Balaban J connectivity index is 2.05. The van der Waals surface area contributed by atoms with Crippen LogP contribution < -0.4 is 0 Å². The van der Waals surface area contributed by atoms with E-state index in [9.17, 15) is 9.59 Å². The largest absolute Gasteiger partial charge is 0.481 e. The first kappa shape index (κ1) is 21.1. The predicted octanol–water partition coefficient (Wildman–Crippen LogP) is 3.21. The van der Waals surface area contributed by atoms with Crippen molar-refractivity contribution in [2.24, 2.45) is 5.16 Å². The molecule has 2 aromatic rings. The minimum absolute atomic E-state index is 0.0666. The Morgan fingerprint density at radius 3 is 2.68 bits per heavy atom. The predicted molar refractivity (Wildman–Crippen MR) is 104 cm³/mol. The monoisotopic (exact) mass is 384 g/mol. The van der Waals surface area contributed by atoms with Crippen LogP contribution in [0.15, 0.2) is 53.9 Å². The number of carboxylic acid groups (broad SMARTS) is 1. The van der Waals surface area contributed by atoms with Gasteiger partial charge >= 0.3 is 11.9 Å². The first-order valence-corrected chi connectivity index (χ1v) is 9.17. The second kappa shape index (κ2) is 11.5. The molecule has 0 atom stereocenters. The third kappa shape index (κ3) is 7.19.